The van der Waals surface area contributed by atoms with E-state index in [1.807, 2.05) is 97.3 Å². The zero-order valence-corrected chi connectivity index (χ0v) is 51.8. The zero-order chi connectivity index (χ0) is 61.8. The Balaban J connectivity index is 0.000000113. The van der Waals surface area contributed by atoms with Gasteiger partial charge in [0.15, 0.2) is 0 Å². The fourth-order valence-corrected chi connectivity index (χ4v) is 13.0. The van der Waals surface area contributed by atoms with Crippen LogP contribution in [0.5, 0.6) is 0 Å². The molecule has 1 aliphatic rings. The molecule has 14 heteroatoms. The van der Waals surface area contributed by atoms with Crippen LogP contribution in [0, 0.1) is 0 Å². The van der Waals surface area contributed by atoms with E-state index in [0.717, 1.165) is 164 Å². The van der Waals surface area contributed by atoms with Crippen LogP contribution in [0.2, 0.25) is 0 Å². The van der Waals surface area contributed by atoms with Crippen LogP contribution < -0.4 is 5.46 Å². The molecule has 10 aromatic carbocycles. The Labute approximate surface area is 534 Å². The molecule has 9 heterocycles. The third-order valence-electron chi connectivity index (χ3n) is 18.0. The van der Waals surface area contributed by atoms with Crippen LogP contribution in [0.25, 0.3) is 165 Å². The number of nitrogens with zero attached hydrogens (tertiary/aromatic N) is 8. The van der Waals surface area contributed by atoms with Gasteiger partial charge in [0, 0.05) is 60.3 Å². The summed E-state index contributed by atoms with van der Waals surface area (Å²) in [5, 5.41) is 10.8. The van der Waals surface area contributed by atoms with Crippen LogP contribution in [0.15, 0.2) is 256 Å². The molecule has 1 saturated heterocycles. The van der Waals surface area contributed by atoms with E-state index >= 15 is 0 Å². The minimum absolute atomic E-state index is 0.384. The number of pyridine rings is 4. The number of fused-ring (bicyclic) bond motifs is 16. The molecule has 92 heavy (non-hydrogen) atoms. The molecule has 0 spiro atoms. The summed E-state index contributed by atoms with van der Waals surface area (Å²) in [7, 11) is -0.411. The van der Waals surface area contributed by atoms with Gasteiger partial charge >= 0.3 is 7.12 Å². The quantitative estimate of drug-likeness (QED) is 0.122. The number of para-hydroxylation sites is 4. The molecule has 0 atom stereocenters. The van der Waals surface area contributed by atoms with E-state index in [0.29, 0.717) is 11.4 Å². The Morgan fingerprint density at radius 3 is 1.30 bits per heavy atom. The van der Waals surface area contributed by atoms with Crippen molar-refractivity contribution < 1.29 is 18.1 Å². The van der Waals surface area contributed by atoms with Gasteiger partial charge in [-0.3, -0.25) is 9.97 Å². The molecule has 12 nitrogen and oxygen atoms in total. The summed E-state index contributed by atoms with van der Waals surface area (Å²) in [6.45, 7) is 8.34. The SMILES string of the molecule is Brc1ccc2oc3nc4ccccc4nc3c2c1.CC1(C)OB(c2ccc(-c3ccc4ccc5cccnc5c4n3)c3ccccc23)OC1(C)C.c1cnc2c(c1)ccc1ccc(-c3ccc(-c4ccc5oc6nc7ccccc7nc6c5c4)c4ccccc34)nc12. The maximum Gasteiger partial charge on any atom is 0.495 e. The van der Waals surface area contributed by atoms with Crippen LogP contribution in [0.4, 0.5) is 0 Å². The highest BCUT2D eigenvalue weighted by atomic mass is 79.9. The Morgan fingerprint density at radius 2 is 0.761 bits per heavy atom. The lowest BCUT2D eigenvalue weighted by molar-refractivity contribution is 0.00578. The summed E-state index contributed by atoms with van der Waals surface area (Å²) >= 11 is 3.46. The van der Waals surface area contributed by atoms with Gasteiger partial charge in [-0.25, -0.2) is 29.9 Å². The lowest BCUT2D eigenvalue weighted by Gasteiger charge is -2.32. The van der Waals surface area contributed by atoms with Crippen molar-refractivity contribution in [3.63, 3.8) is 0 Å². The van der Waals surface area contributed by atoms with Crippen molar-refractivity contribution in [1.29, 1.82) is 0 Å². The monoisotopic (exact) mass is 1250 g/mol. The molecule has 0 aliphatic carbocycles. The molecular formula is C78H52BBrN8O4. The first-order valence-corrected chi connectivity index (χ1v) is 31.3. The summed E-state index contributed by atoms with van der Waals surface area (Å²) in [4.78, 5) is 38.2. The topological polar surface area (TPSA) is 148 Å². The standard InChI is InChI=1S/C36H20N4O.C28H25BN2O2.C14H7BrN2O/c1-2-8-26-25(7-1)24(15-16-27(26)29-17-13-22-12-11-21-6-5-19-37-33(21)34(22)38-29)23-14-18-32-28(20-23)35-36(41-32)40-31-10-4-3-9-30(31)39-35;1-27(2)28(3,4)33-29(32-27)23-15-14-22(20-9-5-6-10-21(20)23)24-16-13-19-12-11-18-8-7-17-30-25(18)26(19)31-24;15-8-5-6-12-9(7-8)13-14(18-12)17-11-4-2-1-3-10(11)16-13/h1-20H;5-17H,1-4H3;1-7H. The van der Waals surface area contributed by atoms with E-state index < -0.39 is 7.12 Å². The molecule has 1 aliphatic heterocycles. The molecule has 438 valence electrons. The van der Waals surface area contributed by atoms with Crippen LogP contribution in [0.3, 0.4) is 0 Å². The maximum absolute atomic E-state index is 6.36. The maximum atomic E-state index is 6.36. The lowest BCUT2D eigenvalue weighted by Crippen LogP contribution is -2.41. The van der Waals surface area contributed by atoms with Gasteiger partial charge in [0.1, 0.15) is 22.2 Å². The van der Waals surface area contributed by atoms with Crippen LogP contribution >= 0.6 is 15.9 Å². The third kappa shape index (κ3) is 9.44. The summed E-state index contributed by atoms with van der Waals surface area (Å²) in [6, 6.07) is 78.3. The number of furan rings is 2. The molecule has 8 aromatic heterocycles. The second kappa shape index (κ2) is 21.7. The largest absolute Gasteiger partial charge is 0.495 e. The average Bonchev–Trinajstić information content (AvgIpc) is 1.29. The van der Waals surface area contributed by atoms with E-state index in [4.69, 9.17) is 38.1 Å². The Morgan fingerprint density at radius 1 is 0.337 bits per heavy atom. The number of hydrogen-bond donors (Lipinski definition) is 0. The molecule has 0 amide bonds. The van der Waals surface area contributed by atoms with Gasteiger partial charge in [-0.05, 0) is 145 Å². The first-order valence-electron chi connectivity index (χ1n) is 30.5. The highest BCUT2D eigenvalue weighted by molar-refractivity contribution is 9.10. The lowest BCUT2D eigenvalue weighted by atomic mass is 9.75. The van der Waals surface area contributed by atoms with Crippen molar-refractivity contribution in [2.75, 3.05) is 0 Å². The van der Waals surface area contributed by atoms with Crippen LogP contribution in [-0.4, -0.2) is 58.2 Å². The Kier molecular flexibility index (Phi) is 13.0. The first-order chi connectivity index (χ1) is 44.9. The summed E-state index contributed by atoms with van der Waals surface area (Å²) in [5.74, 6) is 0. The molecule has 0 radical (unpaired) electrons. The minimum Gasteiger partial charge on any atom is -0.436 e. The van der Waals surface area contributed by atoms with Crippen molar-refractivity contribution in [1.82, 2.24) is 39.9 Å². The second-order valence-electron chi connectivity index (χ2n) is 24.1. The molecule has 0 bridgehead atoms. The number of benzene rings is 10. The highest BCUT2D eigenvalue weighted by Gasteiger charge is 2.52. The molecular weight excluding hydrogens is 1200 g/mol. The number of hydrogen-bond acceptors (Lipinski definition) is 12. The molecule has 0 N–H and O–H groups in total. The molecule has 1 fully saturated rings. The van der Waals surface area contributed by atoms with Gasteiger partial charge in [0.25, 0.3) is 0 Å². The van der Waals surface area contributed by atoms with Crippen molar-refractivity contribution in [2.24, 2.45) is 0 Å². The first kappa shape index (κ1) is 55.2. The molecule has 19 rings (SSSR count). The highest BCUT2D eigenvalue weighted by Crippen LogP contribution is 2.41. The van der Waals surface area contributed by atoms with E-state index in [9.17, 15) is 0 Å². The Bertz CT molecular complexity index is 6040. The number of halogens is 1. The smallest absolute Gasteiger partial charge is 0.436 e. The third-order valence-corrected chi connectivity index (χ3v) is 18.5. The van der Waals surface area contributed by atoms with E-state index in [2.05, 4.69) is 209 Å². The van der Waals surface area contributed by atoms with Crippen LogP contribution in [-0.2, 0) is 9.31 Å². The summed E-state index contributed by atoms with van der Waals surface area (Å²) < 4.78 is 25.5. The average molecular weight is 1260 g/mol. The predicted octanol–water partition coefficient (Wildman–Crippen LogP) is 19.3. The molecule has 0 saturated carbocycles. The van der Waals surface area contributed by atoms with Crippen LogP contribution in [0.1, 0.15) is 27.7 Å². The van der Waals surface area contributed by atoms with E-state index in [-0.39, 0.29) is 11.2 Å². The van der Waals surface area contributed by atoms with Crippen molar-refractivity contribution in [3.05, 3.63) is 247 Å². The normalized spacial score (nSPS) is 13.8. The van der Waals surface area contributed by atoms with Crippen molar-refractivity contribution in [3.8, 4) is 33.6 Å². The molecule has 0 unspecified atom stereocenters. The summed E-state index contributed by atoms with van der Waals surface area (Å²) in [6.07, 6.45) is 3.65. The van der Waals surface area contributed by atoms with Gasteiger partial charge in [0.2, 0.25) is 11.4 Å². The molecule has 18 aromatic rings. The number of rotatable bonds is 4. The zero-order valence-electron chi connectivity index (χ0n) is 50.3. The second-order valence-corrected chi connectivity index (χ2v) is 25.1. The Hall–Kier alpha value is -10.9. The van der Waals surface area contributed by atoms with Gasteiger partial charge in [-0.15, -0.1) is 0 Å². The van der Waals surface area contributed by atoms with Gasteiger partial charge < -0.3 is 18.1 Å². The summed E-state index contributed by atoms with van der Waals surface area (Å²) in [5.41, 5.74) is 18.0. The van der Waals surface area contributed by atoms with E-state index in [1.165, 1.54) is 0 Å². The predicted molar refractivity (Wildman–Crippen MR) is 376 cm³/mol. The van der Waals surface area contributed by atoms with Crippen molar-refractivity contribution >= 4 is 160 Å². The number of aromatic nitrogens is 8. The fourth-order valence-electron chi connectivity index (χ4n) is 12.7. The van der Waals surface area contributed by atoms with Gasteiger partial charge in [0.05, 0.1) is 66.7 Å². The van der Waals surface area contributed by atoms with Gasteiger partial charge in [-0.2, -0.15) is 0 Å². The minimum atomic E-state index is -0.411. The van der Waals surface area contributed by atoms with Gasteiger partial charge in [-0.1, -0.05) is 168 Å². The fraction of sp³-hybridized carbons (Fsp3) is 0.0769. The van der Waals surface area contributed by atoms with E-state index in [1.54, 1.807) is 0 Å². The van der Waals surface area contributed by atoms with Crippen molar-refractivity contribution in [2.45, 2.75) is 38.9 Å².